The molecule has 107 valence electrons. The zero-order chi connectivity index (χ0) is 14.8. The van der Waals surface area contributed by atoms with E-state index in [0.717, 1.165) is 11.3 Å². The molecule has 0 N–H and O–H groups in total. The zero-order valence-electron chi connectivity index (χ0n) is 12.2. The van der Waals surface area contributed by atoms with Crippen molar-refractivity contribution in [2.24, 2.45) is 0 Å². The van der Waals surface area contributed by atoms with Crippen LogP contribution in [0, 0.1) is 0 Å². The average Bonchev–Trinajstić information content (AvgIpc) is 2.36. The van der Waals surface area contributed by atoms with Crippen molar-refractivity contribution in [3.05, 3.63) is 23.8 Å². The molecule has 0 aliphatic rings. The van der Waals surface area contributed by atoms with E-state index >= 15 is 0 Å². The molecule has 0 aliphatic heterocycles. The van der Waals surface area contributed by atoms with Crippen molar-refractivity contribution in [2.75, 3.05) is 19.0 Å². The van der Waals surface area contributed by atoms with E-state index in [-0.39, 0.29) is 0 Å². The summed E-state index contributed by atoms with van der Waals surface area (Å²) in [5, 5.41) is 0. The number of rotatable bonds is 5. The van der Waals surface area contributed by atoms with E-state index in [1.165, 1.54) is 0 Å². The van der Waals surface area contributed by atoms with Gasteiger partial charge >= 0.3 is 0 Å². The molecule has 0 saturated heterocycles. The highest BCUT2D eigenvalue weighted by Crippen LogP contribution is 2.31. The van der Waals surface area contributed by atoms with Crippen LogP contribution in [-0.4, -0.2) is 27.1 Å². The molecule has 1 atom stereocenters. The summed E-state index contributed by atoms with van der Waals surface area (Å²) in [7, 11) is 0.439. The van der Waals surface area contributed by atoms with E-state index in [1.807, 2.05) is 25.1 Å². The molecular weight excluding hydrogens is 278 g/mol. The first-order valence-electron chi connectivity index (χ1n) is 6.42. The van der Waals surface area contributed by atoms with Gasteiger partial charge < -0.3 is 4.90 Å². The lowest BCUT2D eigenvalue weighted by Gasteiger charge is -2.21. The molecule has 0 spiro atoms. The molecule has 0 aromatic heterocycles. The minimum atomic E-state index is -3.40. The van der Waals surface area contributed by atoms with E-state index in [4.69, 9.17) is 12.6 Å². The molecule has 0 saturated carbocycles. The SMILES string of the molecule is CCC([S])S(=O)(=O)c1ccc(C(C)C)c(N(C)C)c1. The quantitative estimate of drug-likeness (QED) is 0.834. The molecule has 1 unspecified atom stereocenters. The highest BCUT2D eigenvalue weighted by atomic mass is 32.2. The Hall–Kier alpha value is -0.680. The fourth-order valence-corrected chi connectivity index (χ4v) is 3.56. The molecule has 0 amide bonds. The van der Waals surface area contributed by atoms with Crippen molar-refractivity contribution in [2.45, 2.75) is 42.6 Å². The Bertz CT molecular complexity index is 536. The van der Waals surface area contributed by atoms with E-state index in [2.05, 4.69) is 13.8 Å². The summed E-state index contributed by atoms with van der Waals surface area (Å²) in [4.78, 5) is 2.26. The van der Waals surface area contributed by atoms with E-state index < -0.39 is 14.4 Å². The van der Waals surface area contributed by atoms with Crippen LogP contribution in [0.25, 0.3) is 0 Å². The van der Waals surface area contributed by atoms with Crippen LogP contribution in [0.15, 0.2) is 23.1 Å². The summed E-state index contributed by atoms with van der Waals surface area (Å²) in [6.07, 6.45) is 0.445. The maximum Gasteiger partial charge on any atom is 0.191 e. The molecule has 1 rings (SSSR count). The number of hydrogen-bond acceptors (Lipinski definition) is 3. The van der Waals surface area contributed by atoms with Gasteiger partial charge in [0.1, 0.15) is 4.58 Å². The summed E-state index contributed by atoms with van der Waals surface area (Å²) < 4.78 is 23.8. The molecular formula is C14H22NO2S2. The van der Waals surface area contributed by atoms with Crippen molar-refractivity contribution < 1.29 is 8.42 Å². The second-order valence-electron chi connectivity index (χ2n) is 5.15. The maximum absolute atomic E-state index is 12.3. The van der Waals surface area contributed by atoms with Gasteiger partial charge in [0.25, 0.3) is 0 Å². The number of nitrogens with zero attached hydrogens (tertiary/aromatic N) is 1. The Balaban J connectivity index is 3.38. The van der Waals surface area contributed by atoms with Gasteiger partial charge in [-0.3, -0.25) is 0 Å². The fourth-order valence-electron chi connectivity index (χ4n) is 1.95. The lowest BCUT2D eigenvalue weighted by atomic mass is 10.0. The van der Waals surface area contributed by atoms with Crippen LogP contribution in [0.2, 0.25) is 0 Å². The Labute approximate surface area is 122 Å². The van der Waals surface area contributed by atoms with Crippen LogP contribution in [0.3, 0.4) is 0 Å². The molecule has 0 heterocycles. The third-order valence-electron chi connectivity index (χ3n) is 3.11. The van der Waals surface area contributed by atoms with E-state index in [0.29, 0.717) is 17.2 Å². The zero-order valence-corrected chi connectivity index (χ0v) is 13.8. The molecule has 0 bridgehead atoms. The maximum atomic E-state index is 12.3. The number of benzene rings is 1. The van der Waals surface area contributed by atoms with Crippen molar-refractivity contribution >= 4 is 28.2 Å². The Morgan fingerprint density at radius 3 is 2.26 bits per heavy atom. The average molecular weight is 300 g/mol. The molecule has 3 nitrogen and oxygen atoms in total. The van der Waals surface area contributed by atoms with Gasteiger partial charge in [-0.2, -0.15) is 0 Å². The van der Waals surface area contributed by atoms with Crippen LogP contribution >= 0.6 is 12.6 Å². The summed E-state index contributed by atoms with van der Waals surface area (Å²) in [6.45, 7) is 5.99. The lowest BCUT2D eigenvalue weighted by molar-refractivity contribution is 0.591. The van der Waals surface area contributed by atoms with Gasteiger partial charge in [-0.25, -0.2) is 8.42 Å². The third-order valence-corrected chi connectivity index (χ3v) is 6.14. The Morgan fingerprint density at radius 2 is 1.84 bits per heavy atom. The lowest BCUT2D eigenvalue weighted by Crippen LogP contribution is -2.17. The highest BCUT2D eigenvalue weighted by Gasteiger charge is 2.24. The first kappa shape index (κ1) is 16.4. The highest BCUT2D eigenvalue weighted by molar-refractivity contribution is 8.04. The predicted octanol–water partition coefficient (Wildman–Crippen LogP) is 3.58. The monoisotopic (exact) mass is 300 g/mol. The van der Waals surface area contributed by atoms with Gasteiger partial charge in [0, 0.05) is 19.8 Å². The second kappa shape index (κ2) is 6.18. The van der Waals surface area contributed by atoms with Crippen LogP contribution in [0.1, 0.15) is 38.7 Å². The number of sulfone groups is 1. The number of anilines is 1. The van der Waals surface area contributed by atoms with Crippen LogP contribution in [0.5, 0.6) is 0 Å². The van der Waals surface area contributed by atoms with Gasteiger partial charge in [-0.1, -0.05) is 39.5 Å². The molecule has 0 fully saturated rings. The van der Waals surface area contributed by atoms with Crippen molar-refractivity contribution in [3.63, 3.8) is 0 Å². The summed E-state index contributed by atoms with van der Waals surface area (Å²) in [5.74, 6) is 0.347. The van der Waals surface area contributed by atoms with E-state index in [9.17, 15) is 8.42 Å². The predicted molar refractivity (Wildman–Crippen MR) is 83.7 cm³/mol. The molecule has 1 aromatic rings. The first-order valence-corrected chi connectivity index (χ1v) is 8.44. The summed E-state index contributed by atoms with van der Waals surface area (Å²) in [5.41, 5.74) is 2.08. The van der Waals surface area contributed by atoms with Gasteiger partial charge in [0.15, 0.2) is 9.84 Å². The fraction of sp³-hybridized carbons (Fsp3) is 0.571. The van der Waals surface area contributed by atoms with Gasteiger partial charge in [-0.15, -0.1) is 0 Å². The van der Waals surface area contributed by atoms with Crippen LogP contribution < -0.4 is 4.90 Å². The van der Waals surface area contributed by atoms with Crippen molar-refractivity contribution in [3.8, 4) is 0 Å². The summed E-state index contributed by atoms with van der Waals surface area (Å²) in [6, 6.07) is 5.30. The van der Waals surface area contributed by atoms with Gasteiger partial charge in [0.05, 0.1) is 4.90 Å². The van der Waals surface area contributed by atoms with Crippen molar-refractivity contribution in [1.82, 2.24) is 0 Å². The second-order valence-corrected chi connectivity index (χ2v) is 8.15. The van der Waals surface area contributed by atoms with E-state index in [1.54, 1.807) is 19.1 Å². The molecule has 19 heavy (non-hydrogen) atoms. The number of hydrogen-bond donors (Lipinski definition) is 0. The standard InChI is InChI=1S/C14H22NO2S2/c1-6-14(18)19(16,17)11-7-8-12(10(2)3)13(9-11)15(4)5/h7-10,14H,6H2,1-5H3. The topological polar surface area (TPSA) is 37.4 Å². The molecule has 1 radical (unpaired) electrons. The minimum Gasteiger partial charge on any atom is -0.377 e. The first-order chi connectivity index (χ1) is 8.71. The normalized spacial score (nSPS) is 13.6. The molecule has 0 aliphatic carbocycles. The smallest absolute Gasteiger partial charge is 0.191 e. The van der Waals surface area contributed by atoms with Crippen LogP contribution in [-0.2, 0) is 9.84 Å². The third kappa shape index (κ3) is 3.45. The van der Waals surface area contributed by atoms with Gasteiger partial charge in [0.2, 0.25) is 0 Å². The van der Waals surface area contributed by atoms with Crippen LogP contribution in [0.4, 0.5) is 5.69 Å². The minimum absolute atomic E-state index is 0.322. The molecule has 5 heteroatoms. The summed E-state index contributed by atoms with van der Waals surface area (Å²) >= 11 is 5.05. The largest absolute Gasteiger partial charge is 0.377 e. The molecule has 1 aromatic carbocycles. The van der Waals surface area contributed by atoms with Gasteiger partial charge in [-0.05, 0) is 30.0 Å². The Kier molecular flexibility index (Phi) is 5.33. The Morgan fingerprint density at radius 1 is 1.26 bits per heavy atom. The van der Waals surface area contributed by atoms with Crippen molar-refractivity contribution in [1.29, 1.82) is 0 Å².